The van der Waals surface area contributed by atoms with Gasteiger partial charge in [0.05, 0.1) is 0 Å². The Hall–Kier alpha value is -1.28. The highest BCUT2D eigenvalue weighted by Crippen LogP contribution is 2.27. The second kappa shape index (κ2) is 7.13. The summed E-state index contributed by atoms with van der Waals surface area (Å²) in [6, 6.07) is 8.73. The first-order valence-corrected chi connectivity index (χ1v) is 8.69. The van der Waals surface area contributed by atoms with Gasteiger partial charge >= 0.3 is 0 Å². The summed E-state index contributed by atoms with van der Waals surface area (Å²) in [7, 11) is 0. The summed E-state index contributed by atoms with van der Waals surface area (Å²) in [5.41, 5.74) is 4.32. The Balaban J connectivity index is 1.51. The summed E-state index contributed by atoms with van der Waals surface area (Å²) in [5, 5.41) is 1.44. The van der Waals surface area contributed by atoms with Crippen molar-refractivity contribution in [3.63, 3.8) is 0 Å². The topological polar surface area (TPSA) is 19.0 Å². The van der Waals surface area contributed by atoms with Gasteiger partial charge in [-0.2, -0.15) is 0 Å². The molecule has 0 bridgehead atoms. The minimum Gasteiger partial charge on any atom is -0.357 e. The van der Waals surface area contributed by atoms with E-state index < -0.39 is 0 Å². The van der Waals surface area contributed by atoms with E-state index in [0.29, 0.717) is 0 Å². The lowest BCUT2D eigenvalue weighted by molar-refractivity contribution is 0.246. The number of benzene rings is 1. The number of hydrogen-bond donors (Lipinski definition) is 1. The number of fused-ring (bicyclic) bond motifs is 3. The van der Waals surface area contributed by atoms with Crippen LogP contribution in [0.15, 0.2) is 24.3 Å². The van der Waals surface area contributed by atoms with E-state index in [1.165, 1.54) is 74.6 Å². The van der Waals surface area contributed by atoms with Gasteiger partial charge in [-0.1, -0.05) is 57.2 Å². The van der Waals surface area contributed by atoms with Gasteiger partial charge in [-0.25, -0.2) is 0 Å². The Kier molecular flexibility index (Phi) is 4.97. The first-order chi connectivity index (χ1) is 10.4. The molecule has 1 aromatic carbocycles. The Labute approximate surface area is 128 Å². The van der Waals surface area contributed by atoms with Crippen molar-refractivity contribution in [3.8, 4) is 0 Å². The molecule has 1 aliphatic rings. The molecule has 3 rings (SSSR count). The maximum absolute atomic E-state index is 3.62. The fourth-order valence-electron chi connectivity index (χ4n) is 3.56. The molecule has 1 aromatic heterocycles. The van der Waals surface area contributed by atoms with Crippen molar-refractivity contribution in [2.75, 3.05) is 13.1 Å². The number of hydrogen-bond acceptors (Lipinski definition) is 1. The van der Waals surface area contributed by atoms with Crippen LogP contribution in [-0.4, -0.2) is 23.0 Å². The molecule has 2 heteroatoms. The number of aromatic nitrogens is 1. The second-order valence-electron chi connectivity index (χ2n) is 6.42. The predicted molar refractivity (Wildman–Crippen MR) is 90.7 cm³/mol. The summed E-state index contributed by atoms with van der Waals surface area (Å²) >= 11 is 0. The third kappa shape index (κ3) is 3.49. The standard InChI is InChI=1S/C19H28N2/c1-2-3-4-5-6-9-13-21-14-12-17-16-10-7-8-11-18(16)20-19(17)15-21/h7-8,10-11,20H,2-6,9,12-15H2,1H3. The van der Waals surface area contributed by atoms with Gasteiger partial charge in [0.2, 0.25) is 0 Å². The molecule has 1 aliphatic heterocycles. The molecule has 0 amide bonds. The number of H-pyrrole nitrogens is 1. The van der Waals surface area contributed by atoms with Crippen molar-refractivity contribution in [1.82, 2.24) is 9.88 Å². The molecule has 0 aliphatic carbocycles. The average molecular weight is 284 g/mol. The van der Waals surface area contributed by atoms with Crippen LogP contribution in [-0.2, 0) is 13.0 Å². The molecular weight excluding hydrogens is 256 g/mol. The normalized spacial score (nSPS) is 15.5. The molecule has 0 atom stereocenters. The summed E-state index contributed by atoms with van der Waals surface area (Å²) in [5.74, 6) is 0. The second-order valence-corrected chi connectivity index (χ2v) is 6.42. The quantitative estimate of drug-likeness (QED) is 0.717. The third-order valence-corrected chi connectivity index (χ3v) is 4.79. The zero-order chi connectivity index (χ0) is 14.5. The van der Waals surface area contributed by atoms with E-state index in [1.54, 1.807) is 5.56 Å². The van der Waals surface area contributed by atoms with Crippen LogP contribution in [0.2, 0.25) is 0 Å². The van der Waals surface area contributed by atoms with Crippen LogP contribution in [0.4, 0.5) is 0 Å². The van der Waals surface area contributed by atoms with Crippen LogP contribution in [0.5, 0.6) is 0 Å². The lowest BCUT2D eigenvalue weighted by atomic mass is 10.0. The van der Waals surface area contributed by atoms with Gasteiger partial charge in [0, 0.05) is 29.7 Å². The van der Waals surface area contributed by atoms with Crippen LogP contribution in [0.25, 0.3) is 10.9 Å². The largest absolute Gasteiger partial charge is 0.357 e. The van der Waals surface area contributed by atoms with Crippen LogP contribution in [0, 0.1) is 0 Å². The zero-order valence-electron chi connectivity index (χ0n) is 13.3. The Morgan fingerprint density at radius 2 is 1.86 bits per heavy atom. The molecule has 2 heterocycles. The highest BCUT2D eigenvalue weighted by molar-refractivity contribution is 5.84. The number of unbranched alkanes of at least 4 members (excludes halogenated alkanes) is 5. The van der Waals surface area contributed by atoms with Crippen molar-refractivity contribution in [2.45, 2.75) is 58.4 Å². The molecule has 1 N–H and O–H groups in total. The van der Waals surface area contributed by atoms with Gasteiger partial charge in [-0.3, -0.25) is 4.90 Å². The lowest BCUT2D eigenvalue weighted by Crippen LogP contribution is -2.31. The molecule has 0 unspecified atom stereocenters. The van der Waals surface area contributed by atoms with E-state index in [9.17, 15) is 0 Å². The van der Waals surface area contributed by atoms with Gasteiger partial charge in [-0.15, -0.1) is 0 Å². The summed E-state index contributed by atoms with van der Waals surface area (Å²) in [4.78, 5) is 6.25. The van der Waals surface area contributed by atoms with Crippen LogP contribution >= 0.6 is 0 Å². The van der Waals surface area contributed by atoms with Gasteiger partial charge < -0.3 is 4.98 Å². The first-order valence-electron chi connectivity index (χ1n) is 8.69. The monoisotopic (exact) mass is 284 g/mol. The minimum absolute atomic E-state index is 1.11. The fraction of sp³-hybridized carbons (Fsp3) is 0.579. The molecule has 0 saturated carbocycles. The number of rotatable bonds is 7. The van der Waals surface area contributed by atoms with Gasteiger partial charge in [0.1, 0.15) is 0 Å². The molecule has 114 valence electrons. The number of aromatic amines is 1. The number of nitrogens with one attached hydrogen (secondary N) is 1. The van der Waals surface area contributed by atoms with Crippen molar-refractivity contribution in [1.29, 1.82) is 0 Å². The number of nitrogens with zero attached hydrogens (tertiary/aromatic N) is 1. The molecule has 0 spiro atoms. The highest BCUT2D eigenvalue weighted by atomic mass is 15.1. The molecule has 21 heavy (non-hydrogen) atoms. The molecule has 2 nitrogen and oxygen atoms in total. The van der Waals surface area contributed by atoms with E-state index in [2.05, 4.69) is 41.1 Å². The Morgan fingerprint density at radius 3 is 2.76 bits per heavy atom. The molecule has 0 radical (unpaired) electrons. The first kappa shape index (κ1) is 14.6. The Bertz CT molecular complexity index is 570. The third-order valence-electron chi connectivity index (χ3n) is 4.79. The highest BCUT2D eigenvalue weighted by Gasteiger charge is 2.19. The maximum Gasteiger partial charge on any atom is 0.0459 e. The van der Waals surface area contributed by atoms with E-state index in [-0.39, 0.29) is 0 Å². The van der Waals surface area contributed by atoms with Gasteiger partial charge in [0.25, 0.3) is 0 Å². The summed E-state index contributed by atoms with van der Waals surface area (Å²) < 4.78 is 0. The summed E-state index contributed by atoms with van der Waals surface area (Å²) in [6.07, 6.45) is 9.55. The Morgan fingerprint density at radius 1 is 1.05 bits per heavy atom. The predicted octanol–water partition coefficient (Wildman–Crippen LogP) is 4.89. The van der Waals surface area contributed by atoms with Crippen molar-refractivity contribution >= 4 is 10.9 Å². The van der Waals surface area contributed by atoms with E-state index in [1.807, 2.05) is 0 Å². The van der Waals surface area contributed by atoms with Crippen LogP contribution in [0.3, 0.4) is 0 Å². The molecule has 0 fully saturated rings. The van der Waals surface area contributed by atoms with Crippen LogP contribution < -0.4 is 0 Å². The maximum atomic E-state index is 3.62. The van der Waals surface area contributed by atoms with E-state index >= 15 is 0 Å². The van der Waals surface area contributed by atoms with Gasteiger partial charge in [0.15, 0.2) is 0 Å². The minimum atomic E-state index is 1.11. The van der Waals surface area contributed by atoms with E-state index in [4.69, 9.17) is 0 Å². The van der Waals surface area contributed by atoms with Crippen LogP contribution in [0.1, 0.15) is 56.7 Å². The molecule has 0 saturated heterocycles. The van der Waals surface area contributed by atoms with Crippen molar-refractivity contribution in [3.05, 3.63) is 35.5 Å². The van der Waals surface area contributed by atoms with Crippen molar-refractivity contribution < 1.29 is 0 Å². The average Bonchev–Trinajstić information content (AvgIpc) is 2.88. The van der Waals surface area contributed by atoms with E-state index in [0.717, 1.165) is 6.54 Å². The molecule has 2 aromatic rings. The SMILES string of the molecule is CCCCCCCCN1CCc2c([nH]c3ccccc23)C1. The molecular formula is C19H28N2. The zero-order valence-corrected chi connectivity index (χ0v) is 13.3. The van der Waals surface area contributed by atoms with Crippen molar-refractivity contribution in [2.24, 2.45) is 0 Å². The number of para-hydroxylation sites is 1. The van der Waals surface area contributed by atoms with Gasteiger partial charge in [-0.05, 0) is 31.0 Å². The smallest absolute Gasteiger partial charge is 0.0459 e. The fourth-order valence-corrected chi connectivity index (χ4v) is 3.56. The summed E-state index contributed by atoms with van der Waals surface area (Å²) in [6.45, 7) is 5.88. The lowest BCUT2D eigenvalue weighted by Gasteiger charge is -2.26.